The van der Waals surface area contributed by atoms with Gasteiger partial charge in [0.15, 0.2) is 17.4 Å². The van der Waals surface area contributed by atoms with Gasteiger partial charge in [0.2, 0.25) is 0 Å². The lowest BCUT2D eigenvalue weighted by Crippen LogP contribution is -2.42. The van der Waals surface area contributed by atoms with E-state index < -0.39 is 11.6 Å². The summed E-state index contributed by atoms with van der Waals surface area (Å²) in [6.45, 7) is 2.58. The van der Waals surface area contributed by atoms with E-state index in [2.05, 4.69) is 57.0 Å². The van der Waals surface area contributed by atoms with Gasteiger partial charge in [0, 0.05) is 31.1 Å². The molecule has 1 aliphatic carbocycles. The Hall–Kier alpha value is -4.11. The minimum atomic E-state index is -0.646. The Morgan fingerprint density at radius 3 is 2.51 bits per heavy atom. The van der Waals surface area contributed by atoms with Gasteiger partial charge >= 0.3 is 0 Å². The molecule has 0 N–H and O–H groups in total. The Labute approximate surface area is 262 Å². The molecular weight excluding hydrogens is 575 g/mol. The van der Waals surface area contributed by atoms with Crippen molar-refractivity contribution < 1.29 is 17.9 Å². The summed E-state index contributed by atoms with van der Waals surface area (Å²) in [6.07, 6.45) is 6.31. The second kappa shape index (κ2) is 12.4. The fourth-order valence-electron chi connectivity index (χ4n) is 7.23. The van der Waals surface area contributed by atoms with Crippen LogP contribution in [0.1, 0.15) is 54.2 Å². The van der Waals surface area contributed by atoms with Crippen LogP contribution in [-0.4, -0.2) is 61.2 Å². The molecule has 6 nitrogen and oxygen atoms in total. The van der Waals surface area contributed by atoms with Crippen molar-refractivity contribution >= 4 is 11.4 Å². The lowest BCUT2D eigenvalue weighted by Gasteiger charge is -2.40. The molecule has 9 heteroatoms. The van der Waals surface area contributed by atoms with Gasteiger partial charge in [0.25, 0.3) is 0 Å². The van der Waals surface area contributed by atoms with Crippen LogP contribution in [0.15, 0.2) is 60.8 Å². The third-order valence-corrected chi connectivity index (χ3v) is 9.60. The Morgan fingerprint density at radius 2 is 1.71 bits per heavy atom. The molecule has 7 rings (SSSR count). The number of fused-ring (bicyclic) bond motifs is 2. The number of hydrogen-bond donors (Lipinski definition) is 0. The number of benzene rings is 3. The molecular formula is C36H38F3N5O. The van der Waals surface area contributed by atoms with Crippen molar-refractivity contribution in [1.82, 2.24) is 14.9 Å². The normalized spacial score (nSPS) is 18.5. The van der Waals surface area contributed by atoms with E-state index in [4.69, 9.17) is 4.74 Å². The maximum atomic E-state index is 15.6. The Bertz CT molecular complexity index is 1700. The average molecular weight is 614 g/mol. The molecule has 1 atom stereocenters. The smallest absolute Gasteiger partial charge is 0.178 e. The van der Waals surface area contributed by atoms with Crippen LogP contribution in [-0.2, 0) is 12.8 Å². The molecule has 1 aromatic heterocycles. The van der Waals surface area contributed by atoms with Gasteiger partial charge in [-0.25, -0.2) is 23.1 Å². The molecule has 0 amide bonds. The number of hydrogen-bond acceptors (Lipinski definition) is 6. The standard InChI is InChI=1S/C36H38F3N5O/c1-42(2)26-12-14-43(15-13-26)32-11-10-23(18-28(32)37)19-34-40-22-30(39)35(41-34)25-20-29(38)36-33(21-25)44(16-17-45-36)31-9-5-7-24-6-3-4-8-27(24)31/h3-4,6,8,10-11,18,20-22,26,31H,5,7,9,12-17,19H2,1-2H3. The van der Waals surface area contributed by atoms with Crippen molar-refractivity contribution in [2.45, 2.75) is 50.6 Å². The second-order valence-electron chi connectivity index (χ2n) is 12.6. The van der Waals surface area contributed by atoms with Crippen LogP contribution in [0, 0.1) is 17.5 Å². The summed E-state index contributed by atoms with van der Waals surface area (Å²) in [5, 5.41) is 0. The molecule has 2 aliphatic heterocycles. The highest BCUT2D eigenvalue weighted by atomic mass is 19.1. The van der Waals surface area contributed by atoms with Gasteiger partial charge < -0.3 is 19.4 Å². The van der Waals surface area contributed by atoms with Crippen LogP contribution in [0.3, 0.4) is 0 Å². The molecule has 1 saturated heterocycles. The molecule has 3 aliphatic rings. The molecule has 45 heavy (non-hydrogen) atoms. The van der Waals surface area contributed by atoms with Crippen molar-refractivity contribution in [1.29, 1.82) is 0 Å². The van der Waals surface area contributed by atoms with Gasteiger partial charge in [-0.2, -0.15) is 0 Å². The minimum absolute atomic E-state index is 0.0112. The van der Waals surface area contributed by atoms with Crippen LogP contribution in [0.2, 0.25) is 0 Å². The fourth-order valence-corrected chi connectivity index (χ4v) is 7.23. The second-order valence-corrected chi connectivity index (χ2v) is 12.6. The monoisotopic (exact) mass is 613 g/mol. The topological polar surface area (TPSA) is 44.7 Å². The van der Waals surface area contributed by atoms with Gasteiger partial charge in [0.05, 0.1) is 30.2 Å². The van der Waals surface area contributed by atoms with E-state index in [9.17, 15) is 0 Å². The summed E-state index contributed by atoms with van der Waals surface area (Å²) in [5.74, 6) is -0.975. The first kappa shape index (κ1) is 29.6. The fraction of sp³-hybridized carbons (Fsp3) is 0.389. The summed E-state index contributed by atoms with van der Waals surface area (Å²) in [7, 11) is 4.17. The zero-order valence-electron chi connectivity index (χ0n) is 25.8. The van der Waals surface area contributed by atoms with Crippen molar-refractivity contribution in [3.63, 3.8) is 0 Å². The predicted molar refractivity (Wildman–Crippen MR) is 170 cm³/mol. The van der Waals surface area contributed by atoms with E-state index in [0.29, 0.717) is 47.5 Å². The number of halogens is 3. The summed E-state index contributed by atoms with van der Waals surface area (Å²) >= 11 is 0. The summed E-state index contributed by atoms with van der Waals surface area (Å²) in [5.41, 5.74) is 4.76. The van der Waals surface area contributed by atoms with E-state index in [1.165, 1.54) is 23.3 Å². The van der Waals surface area contributed by atoms with Crippen molar-refractivity contribution in [3.8, 4) is 17.0 Å². The van der Waals surface area contributed by atoms with Crippen LogP contribution in [0.25, 0.3) is 11.3 Å². The van der Waals surface area contributed by atoms with E-state index in [-0.39, 0.29) is 29.7 Å². The highest BCUT2D eigenvalue weighted by molar-refractivity contribution is 5.73. The van der Waals surface area contributed by atoms with Gasteiger partial charge in [0.1, 0.15) is 23.9 Å². The quantitative estimate of drug-likeness (QED) is 0.234. The lowest BCUT2D eigenvalue weighted by atomic mass is 9.86. The molecule has 1 unspecified atom stereocenters. The summed E-state index contributed by atoms with van der Waals surface area (Å²) in [4.78, 5) is 15.2. The highest BCUT2D eigenvalue weighted by Crippen LogP contribution is 2.45. The minimum Gasteiger partial charge on any atom is -0.486 e. The van der Waals surface area contributed by atoms with Crippen LogP contribution >= 0.6 is 0 Å². The van der Waals surface area contributed by atoms with Crippen LogP contribution in [0.5, 0.6) is 5.75 Å². The number of rotatable bonds is 6. The maximum absolute atomic E-state index is 15.6. The van der Waals surface area contributed by atoms with E-state index >= 15 is 13.2 Å². The third-order valence-electron chi connectivity index (χ3n) is 9.60. The van der Waals surface area contributed by atoms with Crippen molar-refractivity contribution in [2.24, 2.45) is 0 Å². The first-order valence-corrected chi connectivity index (χ1v) is 15.9. The van der Waals surface area contributed by atoms with Crippen LogP contribution < -0.4 is 14.5 Å². The van der Waals surface area contributed by atoms with Gasteiger partial charge in [-0.15, -0.1) is 0 Å². The predicted octanol–water partition coefficient (Wildman–Crippen LogP) is 6.96. The zero-order chi connectivity index (χ0) is 31.1. The number of nitrogens with zero attached hydrogens (tertiary/aromatic N) is 5. The Balaban J connectivity index is 1.15. The highest BCUT2D eigenvalue weighted by Gasteiger charge is 2.32. The largest absolute Gasteiger partial charge is 0.486 e. The number of ether oxygens (including phenoxy) is 1. The van der Waals surface area contributed by atoms with E-state index in [1.54, 1.807) is 6.07 Å². The number of aromatic nitrogens is 2. The Kier molecular flexibility index (Phi) is 8.12. The number of aryl methyl sites for hydroxylation is 1. The number of piperidine rings is 1. The zero-order valence-corrected chi connectivity index (χ0v) is 25.8. The molecule has 3 aromatic carbocycles. The SMILES string of the molecule is CN(C)C1CCN(c2ccc(Cc3ncc(F)c(-c4cc(F)c5c(c4)N(C4CCCc6ccccc64)CCO5)n3)cc2F)CC1. The first-order chi connectivity index (χ1) is 21.9. The molecule has 1 fully saturated rings. The summed E-state index contributed by atoms with van der Waals surface area (Å²) in [6, 6.07) is 17.2. The molecule has 0 saturated carbocycles. The number of anilines is 2. The summed E-state index contributed by atoms with van der Waals surface area (Å²) < 4.78 is 51.9. The first-order valence-electron chi connectivity index (χ1n) is 15.9. The van der Waals surface area contributed by atoms with E-state index in [0.717, 1.165) is 51.4 Å². The van der Waals surface area contributed by atoms with Crippen LogP contribution in [0.4, 0.5) is 24.5 Å². The van der Waals surface area contributed by atoms with Gasteiger partial charge in [-0.1, -0.05) is 30.3 Å². The molecule has 234 valence electrons. The third kappa shape index (κ3) is 5.86. The molecule has 3 heterocycles. The molecule has 4 aromatic rings. The lowest BCUT2D eigenvalue weighted by molar-refractivity contribution is 0.249. The van der Waals surface area contributed by atoms with Crippen molar-refractivity contribution in [2.75, 3.05) is 50.1 Å². The maximum Gasteiger partial charge on any atom is 0.178 e. The average Bonchev–Trinajstić information content (AvgIpc) is 3.05. The van der Waals surface area contributed by atoms with Gasteiger partial charge in [-0.05, 0) is 87.2 Å². The van der Waals surface area contributed by atoms with Gasteiger partial charge in [-0.3, -0.25) is 0 Å². The van der Waals surface area contributed by atoms with E-state index in [1.807, 2.05) is 18.2 Å². The Morgan fingerprint density at radius 1 is 0.889 bits per heavy atom. The molecule has 0 bridgehead atoms. The van der Waals surface area contributed by atoms with Crippen molar-refractivity contribution in [3.05, 3.63) is 101 Å². The molecule has 0 radical (unpaired) electrons. The molecule has 0 spiro atoms.